The third-order valence-electron chi connectivity index (χ3n) is 17.5. The molecule has 0 bridgehead atoms. The van der Waals surface area contributed by atoms with Gasteiger partial charge in [-0.3, -0.25) is 14.4 Å². The summed E-state index contributed by atoms with van der Waals surface area (Å²) in [6.45, 7) is 12.6. The molecule has 2 aliphatic heterocycles. The molecule has 2 aliphatic rings. The number of likely N-dealkylation sites (N-methyl/N-ethyl adjacent to an activating group) is 1. The molecule has 23 heteroatoms. The van der Waals surface area contributed by atoms with Crippen molar-refractivity contribution in [1.29, 1.82) is 0 Å². The van der Waals surface area contributed by atoms with Crippen LogP contribution in [-0.2, 0) is 87.0 Å². The number of rotatable bonds is 55. The SMILES string of the molecule is CCCCCCCCC(CCCCCC)OC(=O)Cn1cc(CO[C@@H]2[C@@H](CN(C)C)O/C(=[N+]3\C=CC(=O)N(Cc4cn(CC(=O)OC(CCCCCC)CCCCCCCC)nn4)C3=O)[C@@H]2OCc2cn(CC(=O)OC(CCCCCC)CCCCCCCC)nn2)nn1. The van der Waals surface area contributed by atoms with Gasteiger partial charge in [0.25, 0.3) is 5.90 Å². The molecule has 1 fully saturated rings. The van der Waals surface area contributed by atoms with Gasteiger partial charge in [0.15, 0.2) is 6.10 Å². The summed E-state index contributed by atoms with van der Waals surface area (Å²) < 4.78 is 43.8. The van der Waals surface area contributed by atoms with Gasteiger partial charge in [-0.25, -0.2) is 18.8 Å². The fourth-order valence-electron chi connectivity index (χ4n) is 12.2. The van der Waals surface area contributed by atoms with Gasteiger partial charge in [-0.05, 0) is 91.1 Å². The van der Waals surface area contributed by atoms with Gasteiger partial charge < -0.3 is 33.3 Å². The number of urea groups is 1. The molecular formula is C71H121N12O11+. The minimum atomic E-state index is -1.09. The van der Waals surface area contributed by atoms with E-state index in [0.29, 0.717) is 17.9 Å². The van der Waals surface area contributed by atoms with Crippen LogP contribution in [0, 0.1) is 0 Å². The second-order valence-corrected chi connectivity index (χ2v) is 26.4. The molecule has 6 atom stereocenters. The molecule has 0 aliphatic carbocycles. The van der Waals surface area contributed by atoms with Gasteiger partial charge in [0.05, 0.1) is 37.9 Å². The minimum Gasteiger partial charge on any atom is -0.461 e. The van der Waals surface area contributed by atoms with E-state index in [1.54, 1.807) is 12.4 Å². The molecule has 0 radical (unpaired) electrons. The molecule has 5 rings (SSSR count). The highest BCUT2D eigenvalue weighted by atomic mass is 16.6. The number of carbonyl (C=O) groups excluding carboxylic acids is 5. The molecule has 0 spiro atoms. The summed E-state index contributed by atoms with van der Waals surface area (Å²) in [5, 5.41) is 25.8. The molecule has 23 nitrogen and oxygen atoms in total. The van der Waals surface area contributed by atoms with Gasteiger partial charge >= 0.3 is 29.8 Å². The fraction of sp³-hybridized carbons (Fsp3) is 0.803. The number of imide groups is 1. The Kier molecular flexibility index (Phi) is 39.4. The first-order valence-electron chi connectivity index (χ1n) is 36.8. The number of hydrogen-bond donors (Lipinski definition) is 0. The van der Waals surface area contributed by atoms with Crippen LogP contribution in [0.25, 0.3) is 0 Å². The number of nitrogens with zero attached hydrogens (tertiary/aromatic N) is 12. The molecule has 0 aromatic carbocycles. The lowest BCUT2D eigenvalue weighted by atomic mass is 10.0. The van der Waals surface area contributed by atoms with E-state index < -0.39 is 42.2 Å². The highest BCUT2D eigenvalue weighted by molar-refractivity contribution is 6.01. The number of carbonyl (C=O) groups is 5. The molecule has 3 aromatic heterocycles. The predicted octanol–water partition coefficient (Wildman–Crippen LogP) is 13.9. The van der Waals surface area contributed by atoms with Crippen molar-refractivity contribution in [3.8, 4) is 0 Å². The third-order valence-corrected chi connectivity index (χ3v) is 17.5. The Hall–Kier alpha value is -5.94. The number of amides is 3. The fourth-order valence-corrected chi connectivity index (χ4v) is 12.2. The summed E-state index contributed by atoms with van der Waals surface area (Å²) in [7, 11) is 3.77. The molecule has 3 aromatic rings. The lowest BCUT2D eigenvalue weighted by Crippen LogP contribution is -2.47. The van der Waals surface area contributed by atoms with E-state index in [9.17, 15) is 24.0 Å². The molecule has 1 saturated heterocycles. The predicted molar refractivity (Wildman–Crippen MR) is 361 cm³/mol. The van der Waals surface area contributed by atoms with Gasteiger partial charge in [0.1, 0.15) is 80.0 Å². The number of esters is 3. The third kappa shape index (κ3) is 30.9. The summed E-state index contributed by atoms with van der Waals surface area (Å²) in [6, 6.07) is -0.746. The second-order valence-electron chi connectivity index (χ2n) is 26.4. The topological polar surface area (TPSA) is 242 Å². The van der Waals surface area contributed by atoms with Crippen molar-refractivity contribution in [3.05, 3.63) is 47.9 Å². The Balaban J connectivity index is 1.34. The van der Waals surface area contributed by atoms with E-state index in [4.69, 9.17) is 28.4 Å². The lowest BCUT2D eigenvalue weighted by Gasteiger charge is -2.23. The average molecular weight is 1320 g/mol. The van der Waals surface area contributed by atoms with Gasteiger partial charge in [-0.2, -0.15) is 4.79 Å². The zero-order valence-electron chi connectivity index (χ0n) is 59.1. The van der Waals surface area contributed by atoms with Crippen LogP contribution >= 0.6 is 0 Å². The summed E-state index contributed by atoms with van der Waals surface area (Å²) in [5.41, 5.74) is 1.09. The molecular weight excluding hydrogens is 1200 g/mol. The first kappa shape index (κ1) is 78.8. The van der Waals surface area contributed by atoms with Gasteiger partial charge in [-0.15, -0.1) is 24.8 Å². The Morgan fingerprint density at radius 1 is 0.489 bits per heavy atom. The van der Waals surface area contributed by atoms with Crippen molar-refractivity contribution in [2.75, 3.05) is 20.6 Å². The molecule has 5 heterocycles. The van der Waals surface area contributed by atoms with Crippen LogP contribution in [0.15, 0.2) is 30.9 Å². The Morgan fingerprint density at radius 2 is 0.830 bits per heavy atom. The Bertz CT molecular complexity index is 2650. The maximum Gasteiger partial charge on any atom is 0.508 e. The summed E-state index contributed by atoms with van der Waals surface area (Å²) in [5.74, 6) is -1.74. The molecule has 530 valence electrons. The van der Waals surface area contributed by atoms with E-state index in [-0.39, 0.29) is 75.3 Å². The van der Waals surface area contributed by atoms with Crippen LogP contribution in [0.4, 0.5) is 4.79 Å². The van der Waals surface area contributed by atoms with Crippen LogP contribution in [0.1, 0.15) is 290 Å². The van der Waals surface area contributed by atoms with Crippen molar-refractivity contribution >= 4 is 35.7 Å². The average Bonchev–Trinajstić information content (AvgIpc) is 1.59. The van der Waals surface area contributed by atoms with Crippen LogP contribution in [0.5, 0.6) is 0 Å². The van der Waals surface area contributed by atoms with E-state index in [0.717, 1.165) is 159 Å². The van der Waals surface area contributed by atoms with E-state index >= 15 is 0 Å². The van der Waals surface area contributed by atoms with Crippen molar-refractivity contribution in [2.45, 2.75) is 349 Å². The summed E-state index contributed by atoms with van der Waals surface area (Å²) in [4.78, 5) is 71.8. The Labute approximate surface area is 562 Å². The number of aromatic nitrogens is 9. The van der Waals surface area contributed by atoms with E-state index in [2.05, 4.69) is 72.5 Å². The lowest BCUT2D eigenvalue weighted by molar-refractivity contribution is -0.378. The van der Waals surface area contributed by atoms with Crippen molar-refractivity contribution in [2.24, 2.45) is 0 Å². The summed E-state index contributed by atoms with van der Waals surface area (Å²) >= 11 is 0. The Morgan fingerprint density at radius 3 is 1.21 bits per heavy atom. The van der Waals surface area contributed by atoms with E-state index in [1.165, 1.54) is 114 Å². The van der Waals surface area contributed by atoms with Crippen molar-refractivity contribution in [3.63, 3.8) is 0 Å². The molecule has 3 unspecified atom stereocenters. The monoisotopic (exact) mass is 1320 g/mol. The number of ether oxygens (including phenoxy) is 6. The minimum absolute atomic E-state index is 0.0510. The van der Waals surface area contributed by atoms with Crippen LogP contribution in [0.2, 0.25) is 0 Å². The molecule has 0 saturated carbocycles. The highest BCUT2D eigenvalue weighted by Crippen LogP contribution is 2.28. The van der Waals surface area contributed by atoms with Gasteiger partial charge in [0.2, 0.25) is 0 Å². The quantitative estimate of drug-likeness (QED) is 0.0221. The number of hydrogen-bond acceptors (Lipinski definition) is 18. The molecule has 0 N–H and O–H groups in total. The number of unbranched alkanes of at least 4 members (excludes halogenated alkanes) is 24. The molecule has 94 heavy (non-hydrogen) atoms. The van der Waals surface area contributed by atoms with Gasteiger partial charge in [-0.1, -0.05) is 211 Å². The largest absolute Gasteiger partial charge is 0.508 e. The highest BCUT2D eigenvalue weighted by Gasteiger charge is 2.51. The molecule has 3 amide bonds. The summed E-state index contributed by atoms with van der Waals surface area (Å²) in [6.07, 6.45) is 43.1. The van der Waals surface area contributed by atoms with Crippen LogP contribution in [0.3, 0.4) is 0 Å². The van der Waals surface area contributed by atoms with Gasteiger partial charge in [0, 0.05) is 6.54 Å². The zero-order valence-corrected chi connectivity index (χ0v) is 59.1. The van der Waals surface area contributed by atoms with Crippen LogP contribution < -0.4 is 0 Å². The normalized spacial score (nSPS) is 17.5. The van der Waals surface area contributed by atoms with E-state index in [1.807, 2.05) is 19.0 Å². The van der Waals surface area contributed by atoms with Crippen LogP contribution in [-0.4, -0.2) is 152 Å². The van der Waals surface area contributed by atoms with Crippen molar-refractivity contribution < 1.29 is 57.0 Å². The standard InChI is InChI=1S/C71H121N12O11/c1-9-15-21-27-30-36-42-60(39-33-24-18-12-4)91-65(85)52-79-47-57(72-75-79)50-83-64(84)45-46-82(71(83)88)70-69(90-56-59-49-81(77-74-59)54-67(87)93-62(41-35-26-20-14-6)44-38-32-29-23-17-11-3)68(63(94-70)51-78(7)8)89-55-58-48-80(76-73-58)53-66(86)92-61(40-34-25-19-13-5)43-37-31-28-22-16-10-2/h45-49,60-63,68-69H,9-44,50-56H2,1-8H3/q+1/b82-70+/t60?,61?,62?,63-,68-,69-/m1/s1. The zero-order chi connectivity index (χ0) is 67.6. The maximum atomic E-state index is 14.8. The van der Waals surface area contributed by atoms with Crippen molar-refractivity contribution in [1.82, 2.24) is 54.8 Å². The first-order chi connectivity index (χ1) is 45.8. The smallest absolute Gasteiger partial charge is 0.461 e. The maximum absolute atomic E-state index is 14.8. The second kappa shape index (κ2) is 47.1. The first-order valence-corrected chi connectivity index (χ1v) is 36.8.